The number of rotatable bonds is 3. The molecule has 1 rings (SSSR count). The Morgan fingerprint density at radius 1 is 1.50 bits per heavy atom. The third-order valence-corrected chi connectivity index (χ3v) is 3.31. The summed E-state index contributed by atoms with van der Waals surface area (Å²) in [4.78, 5) is 4.08. The molecule has 0 saturated heterocycles. The Morgan fingerprint density at radius 3 is 2.25 bits per heavy atom. The minimum Gasteiger partial charge on any atom is -0.289 e. The minimum atomic E-state index is -0.224. The van der Waals surface area contributed by atoms with Crippen molar-refractivity contribution in [2.75, 3.05) is 0 Å². The van der Waals surface area contributed by atoms with Gasteiger partial charge in [-0.05, 0) is 31.7 Å². The summed E-state index contributed by atoms with van der Waals surface area (Å²) < 4.78 is 0. The molecule has 12 heavy (non-hydrogen) atoms. The standard InChI is InChI=1S/C11H15N/c1-7-8(2)10(4)9(3)11(10,5)12-6/h7H,1-3,6H2,4-5H3. The summed E-state index contributed by atoms with van der Waals surface area (Å²) in [7, 11) is 0. The Balaban J connectivity index is 3.08. The smallest absolute Gasteiger partial charge is 0.0919 e. The van der Waals surface area contributed by atoms with Crippen molar-refractivity contribution in [1.82, 2.24) is 0 Å². The molecule has 64 valence electrons. The van der Waals surface area contributed by atoms with Crippen LogP contribution in [0.15, 0.2) is 42.0 Å². The fourth-order valence-corrected chi connectivity index (χ4v) is 1.72. The Morgan fingerprint density at radius 2 is 2.00 bits per heavy atom. The van der Waals surface area contributed by atoms with Crippen LogP contribution >= 0.6 is 0 Å². The van der Waals surface area contributed by atoms with Crippen LogP contribution in [0.5, 0.6) is 0 Å². The quantitative estimate of drug-likeness (QED) is 0.343. The maximum absolute atomic E-state index is 4.08. The summed E-state index contributed by atoms with van der Waals surface area (Å²) in [5.41, 5.74) is 1.71. The first-order chi connectivity index (χ1) is 5.45. The van der Waals surface area contributed by atoms with E-state index in [-0.39, 0.29) is 11.0 Å². The van der Waals surface area contributed by atoms with Crippen LogP contribution in [-0.4, -0.2) is 12.3 Å². The second kappa shape index (κ2) is 2.19. The maximum atomic E-state index is 4.08. The van der Waals surface area contributed by atoms with Crippen molar-refractivity contribution in [2.24, 2.45) is 10.4 Å². The summed E-state index contributed by atoms with van der Waals surface area (Å²) in [6, 6.07) is 0. The van der Waals surface area contributed by atoms with Gasteiger partial charge in [0.1, 0.15) is 0 Å². The highest BCUT2D eigenvalue weighted by Crippen LogP contribution is 2.66. The summed E-state index contributed by atoms with van der Waals surface area (Å²) in [6.07, 6.45) is 1.77. The zero-order valence-electron chi connectivity index (χ0n) is 7.85. The van der Waals surface area contributed by atoms with E-state index in [2.05, 4.69) is 38.4 Å². The van der Waals surface area contributed by atoms with Gasteiger partial charge in [0.25, 0.3) is 0 Å². The first-order valence-corrected chi connectivity index (χ1v) is 3.94. The lowest BCUT2D eigenvalue weighted by Crippen LogP contribution is -2.11. The first-order valence-electron chi connectivity index (χ1n) is 3.94. The van der Waals surface area contributed by atoms with Gasteiger partial charge >= 0.3 is 0 Å². The zero-order chi connectivity index (χ0) is 9.57. The van der Waals surface area contributed by atoms with Crippen molar-refractivity contribution < 1.29 is 0 Å². The SMILES string of the molecule is C=CC(=C)C1(C)C(=C)C1(C)N=C. The van der Waals surface area contributed by atoms with E-state index in [1.54, 1.807) is 6.08 Å². The molecule has 0 heterocycles. The minimum absolute atomic E-state index is 0.115. The highest BCUT2D eigenvalue weighted by Gasteiger charge is 2.66. The van der Waals surface area contributed by atoms with Crippen molar-refractivity contribution in [3.05, 3.63) is 37.0 Å². The van der Waals surface area contributed by atoms with Crippen LogP contribution in [-0.2, 0) is 0 Å². The number of allylic oxidation sites excluding steroid dienone is 1. The molecule has 0 N–H and O–H groups in total. The first kappa shape index (κ1) is 8.98. The second-order valence-electron chi connectivity index (χ2n) is 3.56. The van der Waals surface area contributed by atoms with Crippen molar-refractivity contribution in [2.45, 2.75) is 19.4 Å². The van der Waals surface area contributed by atoms with E-state index in [1.807, 2.05) is 6.92 Å². The van der Waals surface area contributed by atoms with Crippen LogP contribution in [0, 0.1) is 5.41 Å². The second-order valence-corrected chi connectivity index (χ2v) is 3.56. The van der Waals surface area contributed by atoms with E-state index in [0.717, 1.165) is 11.1 Å². The van der Waals surface area contributed by atoms with Gasteiger partial charge in [0, 0.05) is 5.41 Å². The lowest BCUT2D eigenvalue weighted by Gasteiger charge is -2.12. The average molecular weight is 161 g/mol. The van der Waals surface area contributed by atoms with E-state index >= 15 is 0 Å². The van der Waals surface area contributed by atoms with Gasteiger partial charge < -0.3 is 0 Å². The molecule has 1 fully saturated rings. The molecule has 0 spiro atoms. The largest absolute Gasteiger partial charge is 0.289 e. The van der Waals surface area contributed by atoms with Crippen LogP contribution in [0.3, 0.4) is 0 Å². The average Bonchev–Trinajstić information content (AvgIpc) is 2.53. The predicted molar refractivity (Wildman–Crippen MR) is 54.5 cm³/mol. The molecule has 2 atom stereocenters. The van der Waals surface area contributed by atoms with E-state index in [1.165, 1.54) is 0 Å². The normalized spacial score (nSPS) is 39.0. The molecule has 0 aromatic rings. The lowest BCUT2D eigenvalue weighted by molar-refractivity contribution is 0.569. The van der Waals surface area contributed by atoms with Crippen LogP contribution in [0.1, 0.15) is 13.8 Å². The summed E-state index contributed by atoms with van der Waals surface area (Å²) in [5, 5.41) is 0. The Labute approximate surface area is 74.2 Å². The molecule has 0 bridgehead atoms. The van der Waals surface area contributed by atoms with Gasteiger partial charge in [-0.15, -0.1) is 0 Å². The van der Waals surface area contributed by atoms with Gasteiger partial charge in [-0.1, -0.05) is 25.8 Å². The third-order valence-electron chi connectivity index (χ3n) is 3.31. The fraction of sp³-hybridized carbons (Fsp3) is 0.364. The summed E-state index contributed by atoms with van der Waals surface area (Å²) >= 11 is 0. The van der Waals surface area contributed by atoms with Gasteiger partial charge in [0.2, 0.25) is 0 Å². The molecule has 0 amide bonds. The van der Waals surface area contributed by atoms with Crippen molar-refractivity contribution >= 4 is 6.72 Å². The van der Waals surface area contributed by atoms with Crippen LogP contribution in [0.2, 0.25) is 0 Å². The van der Waals surface area contributed by atoms with Gasteiger partial charge in [-0.3, -0.25) is 4.99 Å². The van der Waals surface area contributed by atoms with Crippen LogP contribution < -0.4 is 0 Å². The number of nitrogens with zero attached hydrogens (tertiary/aromatic N) is 1. The predicted octanol–water partition coefficient (Wildman–Crippen LogP) is 2.76. The molecule has 0 aromatic carbocycles. The molecule has 1 nitrogen and oxygen atoms in total. The van der Waals surface area contributed by atoms with E-state index < -0.39 is 0 Å². The fourth-order valence-electron chi connectivity index (χ4n) is 1.72. The number of hydrogen-bond donors (Lipinski definition) is 0. The molecular weight excluding hydrogens is 146 g/mol. The molecular formula is C11H15N. The van der Waals surface area contributed by atoms with Crippen LogP contribution in [0.25, 0.3) is 0 Å². The van der Waals surface area contributed by atoms with E-state index in [9.17, 15) is 0 Å². The molecule has 0 radical (unpaired) electrons. The molecule has 0 aliphatic heterocycles. The van der Waals surface area contributed by atoms with Crippen LogP contribution in [0.4, 0.5) is 0 Å². The lowest BCUT2D eigenvalue weighted by atomic mass is 9.94. The monoisotopic (exact) mass is 161 g/mol. The summed E-state index contributed by atoms with van der Waals surface area (Å²) in [6.45, 7) is 19.3. The van der Waals surface area contributed by atoms with Gasteiger partial charge in [0.05, 0.1) is 5.54 Å². The number of aliphatic imine (C=N–C) groups is 1. The van der Waals surface area contributed by atoms with Crippen molar-refractivity contribution in [1.29, 1.82) is 0 Å². The Kier molecular flexibility index (Phi) is 1.64. The van der Waals surface area contributed by atoms with Gasteiger partial charge in [-0.25, -0.2) is 0 Å². The highest BCUT2D eigenvalue weighted by atomic mass is 15.0. The van der Waals surface area contributed by atoms with Crippen molar-refractivity contribution in [3.8, 4) is 0 Å². The molecule has 1 aliphatic carbocycles. The number of hydrogen-bond acceptors (Lipinski definition) is 1. The summed E-state index contributed by atoms with van der Waals surface area (Å²) in [5.74, 6) is 0. The highest BCUT2D eigenvalue weighted by molar-refractivity contribution is 5.60. The molecule has 2 unspecified atom stereocenters. The Hall–Kier alpha value is -1.11. The maximum Gasteiger partial charge on any atom is 0.0919 e. The van der Waals surface area contributed by atoms with Crippen molar-refractivity contribution in [3.63, 3.8) is 0 Å². The Bertz CT molecular complexity index is 287. The van der Waals surface area contributed by atoms with Gasteiger partial charge in [0.15, 0.2) is 0 Å². The molecule has 1 heteroatoms. The molecule has 1 saturated carbocycles. The third kappa shape index (κ3) is 0.663. The van der Waals surface area contributed by atoms with E-state index in [4.69, 9.17) is 0 Å². The topological polar surface area (TPSA) is 12.4 Å². The van der Waals surface area contributed by atoms with E-state index in [0.29, 0.717) is 0 Å². The molecule has 0 aromatic heterocycles. The van der Waals surface area contributed by atoms with Gasteiger partial charge in [-0.2, -0.15) is 0 Å². The zero-order valence-corrected chi connectivity index (χ0v) is 7.85. The molecule has 1 aliphatic rings.